The molecule has 0 N–H and O–H groups in total. The van der Waals surface area contributed by atoms with E-state index in [0.717, 1.165) is 0 Å². The summed E-state index contributed by atoms with van der Waals surface area (Å²) in [6.45, 7) is 0. The lowest BCUT2D eigenvalue weighted by molar-refractivity contribution is -0.452. The van der Waals surface area contributed by atoms with Gasteiger partial charge in [-0.15, -0.1) is 0 Å². The van der Waals surface area contributed by atoms with Crippen molar-refractivity contribution in [2.24, 2.45) is 0 Å². The van der Waals surface area contributed by atoms with Crippen LogP contribution in [0, 0.1) is 0 Å². The number of carboxylic acids is 1. The van der Waals surface area contributed by atoms with Crippen LogP contribution < -0.4 is 5.11 Å². The van der Waals surface area contributed by atoms with Gasteiger partial charge < -0.3 is 9.90 Å². The topological polar surface area (TPSA) is 40.1 Å². The van der Waals surface area contributed by atoms with Crippen LogP contribution in [0.15, 0.2) is 0 Å². The van der Waals surface area contributed by atoms with E-state index in [4.69, 9.17) is 0 Å². The van der Waals surface area contributed by atoms with Crippen molar-refractivity contribution in [3.05, 3.63) is 0 Å². The number of halogens is 21. The summed E-state index contributed by atoms with van der Waals surface area (Å²) >= 11 is 0. The van der Waals surface area contributed by atoms with E-state index in [0.29, 0.717) is 0 Å². The van der Waals surface area contributed by atoms with E-state index in [2.05, 4.69) is 0 Å². The molecule has 0 radical (unpaired) electrons. The highest BCUT2D eigenvalue weighted by atomic mass is 32.5. The number of carbonyl (C=O) groups excluding carboxylic acids is 1. The van der Waals surface area contributed by atoms with Crippen LogP contribution >= 0.6 is 10.2 Å². The number of aliphatic carboxylic acids is 1. The van der Waals surface area contributed by atoms with Crippen LogP contribution in [0.25, 0.3) is 0 Å². The van der Waals surface area contributed by atoms with Gasteiger partial charge in [-0.1, -0.05) is 19.4 Å². The maximum atomic E-state index is 13.1. The van der Waals surface area contributed by atoms with E-state index in [1.807, 2.05) is 0 Å². The van der Waals surface area contributed by atoms with Gasteiger partial charge in [-0.25, -0.2) is 0 Å². The molecule has 0 saturated carbocycles. The summed E-state index contributed by atoms with van der Waals surface area (Å²) in [6, 6.07) is 0. The van der Waals surface area contributed by atoms with E-state index in [1.54, 1.807) is 0 Å². The molecule has 0 aliphatic carbocycles. The van der Waals surface area contributed by atoms with Crippen LogP contribution in [0.2, 0.25) is 0 Å². The first-order valence-electron chi connectivity index (χ1n) is 6.41. The minimum atomic E-state index is -13.5. The Bertz CT molecular complexity index is 806. The summed E-state index contributed by atoms with van der Waals surface area (Å²) < 4.78 is 266. The Hall–Kier alpha value is -1.65. The van der Waals surface area contributed by atoms with Gasteiger partial charge in [0.25, 0.3) is 0 Å². The van der Waals surface area contributed by atoms with Crippen molar-refractivity contribution in [2.75, 3.05) is 0 Å². The van der Waals surface area contributed by atoms with Crippen LogP contribution in [0.5, 0.6) is 0 Å². The van der Waals surface area contributed by atoms with Gasteiger partial charge in [-0.3, -0.25) is 0 Å². The molecule has 0 aromatic heterocycles. The Balaban J connectivity index is 7.18. The third-order valence-electron chi connectivity index (χ3n) is 3.47. The van der Waals surface area contributed by atoms with Crippen molar-refractivity contribution < 1.29 is 99.6 Å². The predicted octanol–water partition coefficient (Wildman–Crippen LogP) is 6.07. The molecule has 0 spiro atoms. The van der Waals surface area contributed by atoms with Gasteiger partial charge in [0.05, 0.1) is 0 Å². The van der Waals surface area contributed by atoms with Crippen LogP contribution in [0.1, 0.15) is 0 Å². The molecule has 202 valence electrons. The van der Waals surface area contributed by atoms with Crippen LogP contribution in [0.4, 0.5) is 89.7 Å². The molecule has 0 rings (SSSR count). The van der Waals surface area contributed by atoms with Crippen molar-refractivity contribution in [1.29, 1.82) is 0 Å². The lowest BCUT2D eigenvalue weighted by Crippen LogP contribution is -2.76. The summed E-state index contributed by atoms with van der Waals surface area (Å²) in [6.07, 6.45) is 0. The molecular weight excluding hydrogens is 571 g/mol. The molecule has 0 atom stereocenters. The first-order valence-corrected chi connectivity index (χ1v) is 8.36. The molecule has 0 heterocycles. The number of carbonyl (C=O) groups is 1. The Morgan fingerprint density at radius 3 is 0.879 bits per heavy atom. The van der Waals surface area contributed by atoms with Gasteiger partial charge in [0.1, 0.15) is 5.97 Å². The van der Waals surface area contributed by atoms with Gasteiger partial charge in [-0.05, 0) is 0 Å². The number of hydrogen-bond acceptors (Lipinski definition) is 2. The van der Waals surface area contributed by atoms with Crippen molar-refractivity contribution in [2.45, 2.75) is 46.7 Å². The summed E-state index contributed by atoms with van der Waals surface area (Å²) in [5, 5.41) is -0.0661. The molecule has 0 aliphatic heterocycles. The first kappa shape index (κ1) is 31.4. The maximum absolute atomic E-state index is 13.5. The van der Waals surface area contributed by atoms with Crippen molar-refractivity contribution in [3.63, 3.8) is 0 Å². The molecule has 0 saturated heterocycles. The Kier molecular flexibility index (Phi) is 6.00. The van der Waals surface area contributed by atoms with Crippen molar-refractivity contribution >= 4 is 16.2 Å². The average Bonchev–Trinajstić information content (AvgIpc) is 2.50. The van der Waals surface area contributed by atoms with Crippen LogP contribution in [0.3, 0.4) is 0 Å². The van der Waals surface area contributed by atoms with Crippen LogP contribution in [-0.2, 0) is 4.79 Å². The van der Waals surface area contributed by atoms with Crippen molar-refractivity contribution in [1.82, 2.24) is 0 Å². The number of hydrogen-bond donors (Lipinski definition) is 0. The molecule has 0 amide bonds. The van der Waals surface area contributed by atoms with Gasteiger partial charge in [0.15, 0.2) is 0 Å². The highest BCUT2D eigenvalue weighted by Crippen LogP contribution is 3.06. The van der Waals surface area contributed by atoms with Crippen LogP contribution in [-0.4, -0.2) is 52.7 Å². The van der Waals surface area contributed by atoms with E-state index in [1.165, 1.54) is 0 Å². The average molecular weight is 571 g/mol. The number of carboxylic acid groups (broad SMARTS) is 1. The summed E-state index contributed by atoms with van der Waals surface area (Å²) in [5.74, 6) is -67.9. The molecule has 2 nitrogen and oxygen atoms in total. The van der Waals surface area contributed by atoms with Gasteiger partial charge in [0.2, 0.25) is 0 Å². The summed E-state index contributed by atoms with van der Waals surface area (Å²) in [4.78, 5) is 9.68. The Morgan fingerprint density at radius 2 is 0.667 bits per heavy atom. The first-order chi connectivity index (χ1) is 13.4. The van der Waals surface area contributed by atoms with E-state index < -0.39 is 62.9 Å². The quantitative estimate of drug-likeness (QED) is 0.316. The fourth-order valence-corrected chi connectivity index (χ4v) is 2.15. The molecule has 0 aromatic rings. The Labute approximate surface area is 164 Å². The third-order valence-corrected chi connectivity index (χ3v) is 4.70. The second-order valence-corrected chi connectivity index (χ2v) is 8.24. The Morgan fingerprint density at radius 1 is 0.455 bits per heavy atom. The number of rotatable bonds is 9. The van der Waals surface area contributed by atoms with Gasteiger partial charge >= 0.3 is 56.9 Å². The van der Waals surface area contributed by atoms with E-state index in [9.17, 15) is 99.6 Å². The molecule has 0 aromatic carbocycles. The minimum Gasteiger partial charge on any atom is -0.544 e. The zero-order chi connectivity index (χ0) is 28.0. The third kappa shape index (κ3) is 3.60. The highest BCUT2D eigenvalue weighted by molar-refractivity contribution is 8.46. The molecule has 33 heavy (non-hydrogen) atoms. The lowest BCUT2D eigenvalue weighted by atomic mass is 9.89. The fraction of sp³-hybridized carbons (Fsp3) is 0.889. The predicted molar refractivity (Wildman–Crippen MR) is 57.7 cm³/mol. The second kappa shape index (κ2) is 6.31. The molecule has 0 unspecified atom stereocenters. The zero-order valence-electron chi connectivity index (χ0n) is 13.7. The molecule has 0 fully saturated rings. The molecule has 0 bridgehead atoms. The smallest absolute Gasteiger partial charge is 0.450 e. The maximum Gasteiger partial charge on any atom is 0.450 e. The standard InChI is InChI=1S/C9HF21O2S/c10-2(11,1(31)32)3(12,13)4(14,15)5(16,17)6(18,19)7(20,21)8(22,23)9(24,25)33(26,27,28,29)30/h(H,31,32)/p-1. The summed E-state index contributed by atoms with van der Waals surface area (Å²) in [7, 11) is -13.5. The molecule has 0 aliphatic rings. The summed E-state index contributed by atoms with van der Waals surface area (Å²) in [5.41, 5.74) is 0. The second-order valence-electron chi connectivity index (χ2n) is 5.79. The molecule has 24 heteroatoms. The van der Waals surface area contributed by atoms with Gasteiger partial charge in [0, 0.05) is 0 Å². The monoisotopic (exact) mass is 571 g/mol. The largest absolute Gasteiger partial charge is 0.544 e. The minimum absolute atomic E-state index is 4.82. The lowest BCUT2D eigenvalue weighted by Gasteiger charge is -2.50. The van der Waals surface area contributed by atoms with Gasteiger partial charge in [-0.2, -0.15) is 70.2 Å². The zero-order valence-corrected chi connectivity index (χ0v) is 14.5. The fourth-order valence-electron chi connectivity index (χ4n) is 1.54. The van der Waals surface area contributed by atoms with E-state index >= 15 is 0 Å². The highest BCUT2D eigenvalue weighted by Gasteiger charge is 3.01. The molecular formula is C9F21O2S-. The van der Waals surface area contributed by atoms with Crippen molar-refractivity contribution in [3.8, 4) is 0 Å². The normalized spacial score (nSPS) is 18.6. The van der Waals surface area contributed by atoms with E-state index in [-0.39, 0.29) is 0 Å². The SMILES string of the molecule is O=C([O-])C(F)(F)C(F)(F)C(F)(F)C(F)(F)C(F)(F)C(F)(F)C(F)(F)C(F)(F)S(F)(F)(F)(F)F. The number of alkyl halides is 16.